The van der Waals surface area contributed by atoms with E-state index in [0.29, 0.717) is 12.2 Å². The SMILES string of the molecule is CCOC(=O)c1ccc(C#CS(C)(C)C)cc1. The van der Waals surface area contributed by atoms with Crippen molar-refractivity contribution in [2.45, 2.75) is 6.92 Å². The maximum atomic E-state index is 11.4. The Morgan fingerprint density at radius 3 is 2.29 bits per heavy atom. The molecule has 17 heavy (non-hydrogen) atoms. The molecule has 0 bridgehead atoms. The summed E-state index contributed by atoms with van der Waals surface area (Å²) in [5.41, 5.74) is 1.50. The Labute approximate surface area is 105 Å². The standard InChI is InChI=1S/C14H18O2S/c1-5-16-14(15)13-8-6-12(7-9-13)10-11-17(2,3)4/h6-9H,5H2,1-4H3. The zero-order valence-electron chi connectivity index (χ0n) is 10.7. The lowest BCUT2D eigenvalue weighted by molar-refractivity contribution is 0.0526. The quantitative estimate of drug-likeness (QED) is 0.596. The van der Waals surface area contributed by atoms with Crippen LogP contribution in [0.4, 0.5) is 0 Å². The van der Waals surface area contributed by atoms with E-state index >= 15 is 0 Å². The molecular weight excluding hydrogens is 232 g/mol. The summed E-state index contributed by atoms with van der Waals surface area (Å²) in [5.74, 6) is 2.83. The van der Waals surface area contributed by atoms with E-state index < -0.39 is 10.0 Å². The minimum Gasteiger partial charge on any atom is -0.462 e. The Morgan fingerprint density at radius 2 is 1.82 bits per heavy atom. The molecule has 0 aliphatic carbocycles. The van der Waals surface area contributed by atoms with E-state index in [1.54, 1.807) is 19.1 Å². The maximum Gasteiger partial charge on any atom is 0.338 e. The van der Waals surface area contributed by atoms with E-state index in [1.165, 1.54) is 0 Å². The molecule has 0 atom stereocenters. The summed E-state index contributed by atoms with van der Waals surface area (Å²) in [7, 11) is -0.810. The largest absolute Gasteiger partial charge is 0.462 e. The van der Waals surface area contributed by atoms with E-state index in [1.807, 2.05) is 12.1 Å². The summed E-state index contributed by atoms with van der Waals surface area (Å²) >= 11 is 0. The summed E-state index contributed by atoms with van der Waals surface area (Å²) < 4.78 is 4.91. The number of hydrogen-bond acceptors (Lipinski definition) is 2. The van der Waals surface area contributed by atoms with Crippen molar-refractivity contribution in [3.63, 3.8) is 0 Å². The molecule has 0 spiro atoms. The van der Waals surface area contributed by atoms with Crippen LogP contribution in [0.1, 0.15) is 22.8 Å². The first-order chi connectivity index (χ1) is 7.92. The number of benzene rings is 1. The van der Waals surface area contributed by atoms with Crippen molar-refractivity contribution in [2.24, 2.45) is 0 Å². The average Bonchev–Trinajstić information content (AvgIpc) is 2.26. The van der Waals surface area contributed by atoms with Crippen LogP contribution in [0.3, 0.4) is 0 Å². The topological polar surface area (TPSA) is 26.3 Å². The fourth-order valence-corrected chi connectivity index (χ4v) is 1.54. The van der Waals surface area contributed by atoms with Crippen molar-refractivity contribution < 1.29 is 9.53 Å². The molecule has 2 nitrogen and oxygen atoms in total. The van der Waals surface area contributed by atoms with E-state index in [0.717, 1.165) is 5.56 Å². The van der Waals surface area contributed by atoms with Crippen molar-refractivity contribution in [3.05, 3.63) is 35.4 Å². The lowest BCUT2D eigenvalue weighted by Gasteiger charge is -2.14. The third-order valence-corrected chi connectivity index (χ3v) is 2.61. The van der Waals surface area contributed by atoms with Crippen molar-refractivity contribution in [1.29, 1.82) is 0 Å². The van der Waals surface area contributed by atoms with Crippen LogP contribution < -0.4 is 0 Å². The fourth-order valence-electron chi connectivity index (χ4n) is 1.12. The first kappa shape index (κ1) is 13.7. The fraction of sp³-hybridized carbons (Fsp3) is 0.357. The van der Waals surface area contributed by atoms with Crippen LogP contribution in [0.15, 0.2) is 24.3 Å². The van der Waals surface area contributed by atoms with Gasteiger partial charge in [0.1, 0.15) is 0 Å². The number of carbonyl (C=O) groups is 1. The van der Waals surface area contributed by atoms with Crippen molar-refractivity contribution in [2.75, 3.05) is 25.4 Å². The second kappa shape index (κ2) is 5.79. The molecule has 0 unspecified atom stereocenters. The highest BCUT2D eigenvalue weighted by atomic mass is 32.3. The van der Waals surface area contributed by atoms with Gasteiger partial charge in [-0.3, -0.25) is 0 Å². The van der Waals surface area contributed by atoms with Gasteiger partial charge in [0.15, 0.2) is 0 Å². The highest BCUT2D eigenvalue weighted by Crippen LogP contribution is 2.32. The molecule has 0 aliphatic heterocycles. The third-order valence-electron chi connectivity index (χ3n) is 1.90. The van der Waals surface area contributed by atoms with Crippen LogP contribution in [-0.2, 0) is 4.74 Å². The molecular formula is C14H18O2S. The Hall–Kier alpha value is -1.40. The summed E-state index contributed by atoms with van der Waals surface area (Å²) in [4.78, 5) is 11.4. The zero-order chi connectivity index (χ0) is 12.9. The van der Waals surface area contributed by atoms with Gasteiger partial charge in [-0.15, -0.1) is 0 Å². The molecule has 1 rings (SSSR count). The minimum absolute atomic E-state index is 0.284. The van der Waals surface area contributed by atoms with E-state index in [2.05, 4.69) is 29.9 Å². The average molecular weight is 250 g/mol. The van der Waals surface area contributed by atoms with Crippen molar-refractivity contribution >= 4 is 16.0 Å². The van der Waals surface area contributed by atoms with Gasteiger partial charge in [0.25, 0.3) is 0 Å². The van der Waals surface area contributed by atoms with Gasteiger partial charge >= 0.3 is 5.97 Å². The predicted octanol–water partition coefficient (Wildman–Crippen LogP) is 2.87. The number of esters is 1. The van der Waals surface area contributed by atoms with Crippen LogP contribution in [0.25, 0.3) is 0 Å². The third kappa shape index (κ3) is 4.97. The van der Waals surface area contributed by atoms with Crippen LogP contribution in [0, 0.1) is 11.2 Å². The Bertz CT molecular complexity index is 444. The van der Waals surface area contributed by atoms with Crippen LogP contribution >= 0.6 is 10.0 Å². The smallest absolute Gasteiger partial charge is 0.338 e. The number of ether oxygens (including phenoxy) is 1. The molecule has 0 aliphatic rings. The molecule has 1 aromatic carbocycles. The van der Waals surface area contributed by atoms with Gasteiger partial charge < -0.3 is 4.74 Å². The highest BCUT2D eigenvalue weighted by Gasteiger charge is 2.04. The molecule has 1 aromatic rings. The first-order valence-corrected chi connectivity index (χ1v) is 8.26. The molecule has 0 saturated carbocycles. The molecule has 0 amide bonds. The monoisotopic (exact) mass is 250 g/mol. The molecule has 92 valence electrons. The van der Waals surface area contributed by atoms with E-state index in [-0.39, 0.29) is 5.97 Å². The Kier molecular flexibility index (Phi) is 4.65. The Morgan fingerprint density at radius 1 is 1.24 bits per heavy atom. The van der Waals surface area contributed by atoms with Gasteiger partial charge in [-0.05, 0) is 55.2 Å². The first-order valence-electron chi connectivity index (χ1n) is 5.40. The normalized spacial score (nSPS) is 11.3. The number of rotatable bonds is 2. The molecule has 0 heterocycles. The van der Waals surface area contributed by atoms with E-state index in [9.17, 15) is 4.79 Å². The second-order valence-electron chi connectivity index (χ2n) is 4.36. The summed E-state index contributed by atoms with van der Waals surface area (Å²) in [5, 5.41) is 3.23. The second-order valence-corrected chi connectivity index (χ2v) is 8.24. The predicted molar refractivity (Wildman–Crippen MR) is 74.6 cm³/mol. The highest BCUT2D eigenvalue weighted by molar-refractivity contribution is 8.35. The van der Waals surface area contributed by atoms with Gasteiger partial charge in [-0.25, -0.2) is 4.79 Å². The molecule has 0 saturated heterocycles. The molecule has 3 heteroatoms. The molecule has 0 fully saturated rings. The molecule has 0 aromatic heterocycles. The summed E-state index contributed by atoms with van der Waals surface area (Å²) in [6.45, 7) is 2.19. The lowest BCUT2D eigenvalue weighted by Crippen LogP contribution is -2.04. The number of hydrogen-bond donors (Lipinski definition) is 0. The maximum absolute atomic E-state index is 11.4. The summed E-state index contributed by atoms with van der Waals surface area (Å²) in [6.07, 6.45) is 6.44. The van der Waals surface area contributed by atoms with Crippen molar-refractivity contribution in [1.82, 2.24) is 0 Å². The van der Waals surface area contributed by atoms with Crippen LogP contribution in [0.2, 0.25) is 0 Å². The summed E-state index contributed by atoms with van der Waals surface area (Å²) in [6, 6.07) is 7.20. The molecule has 0 N–H and O–H groups in total. The van der Waals surface area contributed by atoms with Crippen molar-refractivity contribution in [3.8, 4) is 11.2 Å². The van der Waals surface area contributed by atoms with Crippen LogP contribution in [0.5, 0.6) is 0 Å². The van der Waals surface area contributed by atoms with Gasteiger partial charge in [0.2, 0.25) is 0 Å². The van der Waals surface area contributed by atoms with Gasteiger partial charge in [-0.2, -0.15) is 10.0 Å². The molecule has 0 radical (unpaired) electrons. The lowest BCUT2D eigenvalue weighted by atomic mass is 10.1. The number of carbonyl (C=O) groups excluding carboxylic acids is 1. The van der Waals surface area contributed by atoms with Gasteiger partial charge in [0.05, 0.1) is 12.2 Å². The minimum atomic E-state index is -0.810. The van der Waals surface area contributed by atoms with E-state index in [4.69, 9.17) is 4.74 Å². The zero-order valence-corrected chi connectivity index (χ0v) is 11.6. The Balaban J connectivity index is 2.81. The van der Waals surface area contributed by atoms with Crippen LogP contribution in [-0.4, -0.2) is 31.3 Å². The van der Waals surface area contributed by atoms with Gasteiger partial charge in [0, 0.05) is 5.56 Å². The van der Waals surface area contributed by atoms with Gasteiger partial charge in [-0.1, -0.05) is 5.92 Å².